The quantitative estimate of drug-likeness (QED) is 0.848. The van der Waals surface area contributed by atoms with E-state index in [2.05, 4.69) is 20.0 Å². The SMILES string of the molecule is CCNc1ccccc1S(=O)(=O)NCc1ccnc(C)n1. The Morgan fingerprint density at radius 1 is 1.19 bits per heavy atom. The molecule has 0 saturated carbocycles. The zero-order valence-electron chi connectivity index (χ0n) is 12.0. The summed E-state index contributed by atoms with van der Waals surface area (Å²) in [4.78, 5) is 8.39. The van der Waals surface area contributed by atoms with Gasteiger partial charge in [0.2, 0.25) is 10.0 Å². The first kappa shape index (κ1) is 15.4. The molecule has 1 heterocycles. The minimum Gasteiger partial charge on any atom is -0.384 e. The zero-order valence-corrected chi connectivity index (χ0v) is 12.8. The molecule has 2 aromatic rings. The van der Waals surface area contributed by atoms with Crippen LogP contribution in [0.2, 0.25) is 0 Å². The Labute approximate surface area is 124 Å². The van der Waals surface area contributed by atoms with E-state index in [9.17, 15) is 8.42 Å². The van der Waals surface area contributed by atoms with Crippen molar-refractivity contribution in [1.82, 2.24) is 14.7 Å². The van der Waals surface area contributed by atoms with E-state index in [1.165, 1.54) is 0 Å². The lowest BCUT2D eigenvalue weighted by molar-refractivity contribution is 0.580. The van der Waals surface area contributed by atoms with Crippen LogP contribution in [0, 0.1) is 6.92 Å². The van der Waals surface area contributed by atoms with E-state index in [-0.39, 0.29) is 11.4 Å². The highest BCUT2D eigenvalue weighted by atomic mass is 32.2. The Hall–Kier alpha value is -1.99. The molecule has 2 rings (SSSR count). The van der Waals surface area contributed by atoms with Crippen LogP contribution >= 0.6 is 0 Å². The normalized spacial score (nSPS) is 11.3. The van der Waals surface area contributed by atoms with Crippen molar-refractivity contribution in [1.29, 1.82) is 0 Å². The molecule has 0 bridgehead atoms. The highest BCUT2D eigenvalue weighted by Crippen LogP contribution is 2.20. The molecule has 6 nitrogen and oxygen atoms in total. The minimum atomic E-state index is -3.60. The maximum atomic E-state index is 12.4. The first-order chi connectivity index (χ1) is 10.0. The van der Waals surface area contributed by atoms with E-state index in [1.807, 2.05) is 6.92 Å². The number of sulfonamides is 1. The number of hydrogen-bond acceptors (Lipinski definition) is 5. The second kappa shape index (κ2) is 6.64. The van der Waals surface area contributed by atoms with Gasteiger partial charge in [-0.25, -0.2) is 23.1 Å². The van der Waals surface area contributed by atoms with E-state index in [4.69, 9.17) is 0 Å². The Morgan fingerprint density at radius 2 is 1.95 bits per heavy atom. The van der Waals surface area contributed by atoms with Crippen LogP contribution in [0.1, 0.15) is 18.4 Å². The summed E-state index contributed by atoms with van der Waals surface area (Å²) in [5, 5.41) is 3.04. The first-order valence-corrected chi connectivity index (χ1v) is 8.12. The number of nitrogens with zero attached hydrogens (tertiary/aromatic N) is 2. The fourth-order valence-corrected chi connectivity index (χ4v) is 3.07. The third-order valence-electron chi connectivity index (χ3n) is 2.82. The number of anilines is 1. The summed E-state index contributed by atoms with van der Waals surface area (Å²) >= 11 is 0. The van der Waals surface area contributed by atoms with Crippen LogP contribution in [0.5, 0.6) is 0 Å². The molecule has 0 unspecified atom stereocenters. The van der Waals surface area contributed by atoms with Gasteiger partial charge in [-0.1, -0.05) is 12.1 Å². The maximum Gasteiger partial charge on any atom is 0.242 e. The van der Waals surface area contributed by atoms with Crippen LogP contribution in [0.15, 0.2) is 41.4 Å². The van der Waals surface area contributed by atoms with Gasteiger partial charge in [-0.3, -0.25) is 0 Å². The lowest BCUT2D eigenvalue weighted by Gasteiger charge is -2.12. The minimum absolute atomic E-state index is 0.131. The second-order valence-corrected chi connectivity index (χ2v) is 6.18. The van der Waals surface area contributed by atoms with Crippen molar-refractivity contribution < 1.29 is 8.42 Å². The average molecular weight is 306 g/mol. The smallest absolute Gasteiger partial charge is 0.242 e. The van der Waals surface area contributed by atoms with Gasteiger partial charge >= 0.3 is 0 Å². The number of hydrogen-bond donors (Lipinski definition) is 2. The predicted molar refractivity (Wildman–Crippen MR) is 81.4 cm³/mol. The molecule has 0 aliphatic rings. The molecule has 0 spiro atoms. The van der Waals surface area contributed by atoms with Crippen molar-refractivity contribution in [3.8, 4) is 0 Å². The van der Waals surface area contributed by atoms with Crippen LogP contribution in [-0.2, 0) is 16.6 Å². The molecule has 0 aliphatic heterocycles. The lowest BCUT2D eigenvalue weighted by Crippen LogP contribution is -2.25. The summed E-state index contributed by atoms with van der Waals surface area (Å²) < 4.78 is 27.3. The molecular weight excluding hydrogens is 288 g/mol. The summed E-state index contributed by atoms with van der Waals surface area (Å²) in [5.74, 6) is 0.611. The van der Waals surface area contributed by atoms with Gasteiger partial charge in [0.25, 0.3) is 0 Å². The molecular formula is C14H18N4O2S. The summed E-state index contributed by atoms with van der Waals surface area (Å²) in [7, 11) is -3.60. The van der Waals surface area contributed by atoms with Crippen LogP contribution in [0.25, 0.3) is 0 Å². The summed E-state index contributed by atoms with van der Waals surface area (Å²) in [6.45, 7) is 4.46. The van der Waals surface area contributed by atoms with Crippen molar-refractivity contribution in [2.45, 2.75) is 25.3 Å². The van der Waals surface area contributed by atoms with Gasteiger partial charge in [-0.2, -0.15) is 0 Å². The van der Waals surface area contributed by atoms with Crippen LogP contribution < -0.4 is 10.0 Å². The van der Waals surface area contributed by atoms with Gasteiger partial charge in [0, 0.05) is 12.7 Å². The third kappa shape index (κ3) is 3.99. The predicted octanol–water partition coefficient (Wildman–Crippen LogP) is 1.70. The molecule has 112 valence electrons. The molecule has 1 aromatic heterocycles. The van der Waals surface area contributed by atoms with Gasteiger partial charge in [-0.05, 0) is 32.0 Å². The molecule has 0 amide bonds. The van der Waals surface area contributed by atoms with Crippen LogP contribution in [0.4, 0.5) is 5.69 Å². The van der Waals surface area contributed by atoms with Crippen molar-refractivity contribution in [2.75, 3.05) is 11.9 Å². The fraction of sp³-hybridized carbons (Fsp3) is 0.286. The number of aromatic nitrogens is 2. The zero-order chi connectivity index (χ0) is 15.3. The van der Waals surface area contributed by atoms with Gasteiger partial charge in [-0.15, -0.1) is 0 Å². The molecule has 21 heavy (non-hydrogen) atoms. The third-order valence-corrected chi connectivity index (χ3v) is 4.28. The Kier molecular flexibility index (Phi) is 4.87. The van der Waals surface area contributed by atoms with Crippen molar-refractivity contribution in [3.63, 3.8) is 0 Å². The van der Waals surface area contributed by atoms with Gasteiger partial charge < -0.3 is 5.32 Å². The topological polar surface area (TPSA) is 84.0 Å². The molecule has 0 radical (unpaired) electrons. The van der Waals surface area contributed by atoms with Crippen LogP contribution in [-0.4, -0.2) is 24.9 Å². The summed E-state index contributed by atoms with van der Waals surface area (Å²) in [6, 6.07) is 8.50. The van der Waals surface area contributed by atoms with Crippen molar-refractivity contribution in [3.05, 3.63) is 48.0 Å². The molecule has 1 aromatic carbocycles. The summed E-state index contributed by atoms with van der Waals surface area (Å²) in [6.07, 6.45) is 1.61. The van der Waals surface area contributed by atoms with Gasteiger partial charge in [0.05, 0.1) is 17.9 Å². The molecule has 2 N–H and O–H groups in total. The monoisotopic (exact) mass is 306 g/mol. The van der Waals surface area contributed by atoms with E-state index < -0.39 is 10.0 Å². The Morgan fingerprint density at radius 3 is 2.67 bits per heavy atom. The lowest BCUT2D eigenvalue weighted by atomic mass is 10.3. The maximum absolute atomic E-state index is 12.4. The molecule has 0 aliphatic carbocycles. The summed E-state index contributed by atoms with van der Waals surface area (Å²) in [5.41, 5.74) is 1.22. The number of nitrogens with one attached hydrogen (secondary N) is 2. The number of para-hydroxylation sites is 1. The van der Waals surface area contributed by atoms with Gasteiger partial charge in [0.15, 0.2) is 0 Å². The van der Waals surface area contributed by atoms with E-state index in [0.29, 0.717) is 23.8 Å². The van der Waals surface area contributed by atoms with E-state index in [1.54, 1.807) is 43.5 Å². The molecule has 0 atom stereocenters. The van der Waals surface area contributed by atoms with E-state index in [0.717, 1.165) is 0 Å². The van der Waals surface area contributed by atoms with Gasteiger partial charge in [0.1, 0.15) is 10.7 Å². The van der Waals surface area contributed by atoms with E-state index >= 15 is 0 Å². The molecule has 0 saturated heterocycles. The number of aryl methyl sites for hydroxylation is 1. The van der Waals surface area contributed by atoms with Crippen molar-refractivity contribution >= 4 is 15.7 Å². The number of rotatable bonds is 6. The molecule has 0 fully saturated rings. The average Bonchev–Trinajstić information content (AvgIpc) is 2.46. The second-order valence-electron chi connectivity index (χ2n) is 4.45. The van der Waals surface area contributed by atoms with Crippen LogP contribution in [0.3, 0.4) is 0 Å². The Balaban J connectivity index is 2.19. The standard InChI is InChI=1S/C14H18N4O2S/c1-3-15-13-6-4-5-7-14(13)21(19,20)17-10-12-8-9-16-11(2)18-12/h4-9,15,17H,3,10H2,1-2H3. The largest absolute Gasteiger partial charge is 0.384 e. The highest BCUT2D eigenvalue weighted by Gasteiger charge is 2.17. The molecule has 7 heteroatoms. The number of benzene rings is 1. The fourth-order valence-electron chi connectivity index (χ4n) is 1.89. The van der Waals surface area contributed by atoms with Crippen molar-refractivity contribution in [2.24, 2.45) is 0 Å². The highest BCUT2D eigenvalue weighted by molar-refractivity contribution is 7.89. The Bertz CT molecular complexity index is 716. The first-order valence-electron chi connectivity index (χ1n) is 6.64.